The van der Waals surface area contributed by atoms with E-state index in [0.29, 0.717) is 27.7 Å². The molecule has 2 N–H and O–H groups in total. The number of halogens is 1. The van der Waals surface area contributed by atoms with Crippen molar-refractivity contribution in [2.45, 2.75) is 38.6 Å². The summed E-state index contributed by atoms with van der Waals surface area (Å²) in [7, 11) is 1.91. The minimum absolute atomic E-state index is 0.0536. The van der Waals surface area contributed by atoms with E-state index >= 15 is 0 Å². The third-order valence-corrected chi connectivity index (χ3v) is 5.03. The molecule has 1 saturated carbocycles. The van der Waals surface area contributed by atoms with Crippen molar-refractivity contribution in [1.82, 2.24) is 4.90 Å². The summed E-state index contributed by atoms with van der Waals surface area (Å²) in [4.78, 5) is 14.5. The van der Waals surface area contributed by atoms with Crippen molar-refractivity contribution in [2.24, 2.45) is 5.92 Å². The van der Waals surface area contributed by atoms with Crippen molar-refractivity contribution in [3.8, 4) is 0 Å². The summed E-state index contributed by atoms with van der Waals surface area (Å²) < 4.78 is 0.704. The molecule has 4 heteroatoms. The zero-order valence-electron chi connectivity index (χ0n) is 11.5. The third kappa shape index (κ3) is 2.94. The van der Waals surface area contributed by atoms with Crippen LogP contribution in [-0.2, 0) is 0 Å². The number of nitrogens with zero attached hydrogens (tertiary/aromatic N) is 1. The standard InChI is InChI=1S/C15H21BrN2O/c1-10-6-3-4-9-13(10)18(2)15(19)11-7-5-8-12(17)14(11)16/h5,7-8,10,13H,3-4,6,9,17H2,1-2H3. The molecular formula is C15H21BrN2O. The van der Waals surface area contributed by atoms with Gasteiger partial charge in [-0.05, 0) is 46.8 Å². The number of anilines is 1. The molecule has 0 aliphatic heterocycles. The molecule has 2 rings (SSSR count). The molecule has 0 radical (unpaired) electrons. The van der Waals surface area contributed by atoms with E-state index in [-0.39, 0.29) is 5.91 Å². The Hall–Kier alpha value is -1.03. The lowest BCUT2D eigenvalue weighted by atomic mass is 9.85. The van der Waals surface area contributed by atoms with Gasteiger partial charge in [-0.2, -0.15) is 0 Å². The Kier molecular flexibility index (Phi) is 4.50. The number of amides is 1. The fraction of sp³-hybridized carbons (Fsp3) is 0.533. The Labute approximate surface area is 123 Å². The van der Waals surface area contributed by atoms with Gasteiger partial charge in [0, 0.05) is 18.8 Å². The summed E-state index contributed by atoms with van der Waals surface area (Å²) in [5.74, 6) is 0.625. The zero-order chi connectivity index (χ0) is 14.0. The first-order chi connectivity index (χ1) is 9.02. The van der Waals surface area contributed by atoms with Crippen LogP contribution >= 0.6 is 15.9 Å². The van der Waals surface area contributed by atoms with Crippen molar-refractivity contribution in [1.29, 1.82) is 0 Å². The maximum Gasteiger partial charge on any atom is 0.255 e. The van der Waals surface area contributed by atoms with Gasteiger partial charge < -0.3 is 10.6 Å². The van der Waals surface area contributed by atoms with Gasteiger partial charge in [0.2, 0.25) is 0 Å². The summed E-state index contributed by atoms with van der Waals surface area (Å²) in [5.41, 5.74) is 7.11. The van der Waals surface area contributed by atoms with Crippen molar-refractivity contribution < 1.29 is 4.79 Å². The second-order valence-electron chi connectivity index (χ2n) is 5.45. The molecule has 1 aliphatic rings. The molecule has 1 aromatic rings. The van der Waals surface area contributed by atoms with E-state index in [4.69, 9.17) is 5.73 Å². The van der Waals surface area contributed by atoms with Crippen LogP contribution in [0.1, 0.15) is 43.0 Å². The van der Waals surface area contributed by atoms with Crippen LogP contribution in [0.5, 0.6) is 0 Å². The quantitative estimate of drug-likeness (QED) is 0.843. The Morgan fingerprint density at radius 1 is 1.37 bits per heavy atom. The van der Waals surface area contributed by atoms with Crippen LogP contribution in [0.3, 0.4) is 0 Å². The highest BCUT2D eigenvalue weighted by atomic mass is 79.9. The highest BCUT2D eigenvalue weighted by molar-refractivity contribution is 9.10. The van der Waals surface area contributed by atoms with Crippen LogP contribution < -0.4 is 5.73 Å². The summed E-state index contributed by atoms with van der Waals surface area (Å²) in [6, 6.07) is 5.79. The lowest BCUT2D eigenvalue weighted by Gasteiger charge is -2.36. The van der Waals surface area contributed by atoms with Gasteiger partial charge in [-0.15, -0.1) is 0 Å². The number of carbonyl (C=O) groups is 1. The molecule has 1 aliphatic carbocycles. The van der Waals surface area contributed by atoms with E-state index in [1.54, 1.807) is 6.07 Å². The number of carbonyl (C=O) groups excluding carboxylic acids is 1. The van der Waals surface area contributed by atoms with Crippen LogP contribution in [-0.4, -0.2) is 23.9 Å². The van der Waals surface area contributed by atoms with Crippen LogP contribution in [0.15, 0.2) is 22.7 Å². The van der Waals surface area contributed by atoms with Crippen molar-refractivity contribution in [2.75, 3.05) is 12.8 Å². The minimum atomic E-state index is 0.0536. The van der Waals surface area contributed by atoms with Crippen LogP contribution in [0, 0.1) is 5.92 Å². The van der Waals surface area contributed by atoms with Gasteiger partial charge in [-0.3, -0.25) is 4.79 Å². The van der Waals surface area contributed by atoms with Gasteiger partial charge in [-0.1, -0.05) is 25.8 Å². The molecule has 19 heavy (non-hydrogen) atoms. The summed E-state index contributed by atoms with van der Waals surface area (Å²) >= 11 is 3.42. The molecule has 0 aromatic heterocycles. The molecular weight excluding hydrogens is 304 g/mol. The normalized spacial score (nSPS) is 23.1. The molecule has 1 amide bonds. The lowest BCUT2D eigenvalue weighted by molar-refractivity contribution is 0.0628. The zero-order valence-corrected chi connectivity index (χ0v) is 13.1. The molecule has 2 atom stereocenters. The number of nitrogen functional groups attached to an aromatic ring is 1. The first-order valence-electron chi connectivity index (χ1n) is 6.83. The molecule has 1 fully saturated rings. The number of nitrogens with two attached hydrogens (primary N) is 1. The van der Waals surface area contributed by atoms with Gasteiger partial charge in [0.1, 0.15) is 0 Å². The summed E-state index contributed by atoms with van der Waals surface area (Å²) in [6.45, 7) is 2.24. The Morgan fingerprint density at radius 3 is 2.74 bits per heavy atom. The summed E-state index contributed by atoms with van der Waals surface area (Å²) in [5, 5.41) is 0. The van der Waals surface area contributed by atoms with Crippen LogP contribution in [0.4, 0.5) is 5.69 Å². The highest BCUT2D eigenvalue weighted by Gasteiger charge is 2.29. The predicted octanol–water partition coefficient (Wildman–Crippen LogP) is 3.68. The van der Waals surface area contributed by atoms with Crippen molar-refractivity contribution >= 4 is 27.5 Å². The molecule has 1 aromatic carbocycles. The molecule has 0 saturated heterocycles. The van der Waals surface area contributed by atoms with Crippen LogP contribution in [0.2, 0.25) is 0 Å². The largest absolute Gasteiger partial charge is 0.398 e. The SMILES string of the molecule is CC1CCCCC1N(C)C(=O)c1cccc(N)c1Br. The Morgan fingerprint density at radius 2 is 2.05 bits per heavy atom. The van der Waals surface area contributed by atoms with Crippen molar-refractivity contribution in [3.63, 3.8) is 0 Å². The fourth-order valence-electron chi connectivity index (χ4n) is 2.93. The van der Waals surface area contributed by atoms with Gasteiger partial charge >= 0.3 is 0 Å². The summed E-state index contributed by atoms with van der Waals surface area (Å²) in [6.07, 6.45) is 4.80. The van der Waals surface area contributed by atoms with Gasteiger partial charge in [0.05, 0.1) is 10.0 Å². The first-order valence-corrected chi connectivity index (χ1v) is 7.62. The maximum atomic E-state index is 12.6. The topological polar surface area (TPSA) is 46.3 Å². The van der Waals surface area contributed by atoms with Gasteiger partial charge in [0.15, 0.2) is 0 Å². The molecule has 0 heterocycles. The predicted molar refractivity (Wildman–Crippen MR) is 82.1 cm³/mol. The Balaban J connectivity index is 2.21. The monoisotopic (exact) mass is 324 g/mol. The lowest BCUT2D eigenvalue weighted by Crippen LogP contribution is -2.42. The van der Waals surface area contributed by atoms with E-state index in [0.717, 1.165) is 6.42 Å². The number of hydrogen-bond donors (Lipinski definition) is 1. The van der Waals surface area contributed by atoms with E-state index in [1.807, 2.05) is 24.1 Å². The number of rotatable bonds is 2. The van der Waals surface area contributed by atoms with Crippen molar-refractivity contribution in [3.05, 3.63) is 28.2 Å². The number of hydrogen-bond acceptors (Lipinski definition) is 2. The maximum absolute atomic E-state index is 12.6. The second-order valence-corrected chi connectivity index (χ2v) is 6.25. The number of benzene rings is 1. The second kappa shape index (κ2) is 5.95. The van der Waals surface area contributed by atoms with E-state index < -0.39 is 0 Å². The highest BCUT2D eigenvalue weighted by Crippen LogP contribution is 2.30. The van der Waals surface area contributed by atoms with Crippen LogP contribution in [0.25, 0.3) is 0 Å². The van der Waals surface area contributed by atoms with E-state index in [1.165, 1.54) is 19.3 Å². The molecule has 104 valence electrons. The average Bonchev–Trinajstić information content (AvgIpc) is 2.41. The third-order valence-electron chi connectivity index (χ3n) is 4.14. The minimum Gasteiger partial charge on any atom is -0.398 e. The molecule has 3 nitrogen and oxygen atoms in total. The Bertz CT molecular complexity index is 475. The van der Waals surface area contributed by atoms with Gasteiger partial charge in [0.25, 0.3) is 5.91 Å². The molecule has 2 unspecified atom stereocenters. The molecule has 0 spiro atoms. The fourth-order valence-corrected chi connectivity index (χ4v) is 3.36. The van der Waals surface area contributed by atoms with E-state index in [2.05, 4.69) is 22.9 Å². The average molecular weight is 325 g/mol. The smallest absolute Gasteiger partial charge is 0.255 e. The first kappa shape index (κ1) is 14.4. The molecule has 0 bridgehead atoms. The van der Waals surface area contributed by atoms with E-state index in [9.17, 15) is 4.79 Å². The van der Waals surface area contributed by atoms with Gasteiger partial charge in [-0.25, -0.2) is 0 Å².